The van der Waals surface area contributed by atoms with Crippen LogP contribution in [0.1, 0.15) is 67.8 Å². The maximum Gasteiger partial charge on any atom is 0.336 e. The van der Waals surface area contributed by atoms with Crippen LogP contribution in [0.15, 0.2) is 18.2 Å². The van der Waals surface area contributed by atoms with Gasteiger partial charge < -0.3 is 10.0 Å². The first-order chi connectivity index (χ1) is 10.2. The second-order valence-corrected chi connectivity index (χ2v) is 5.97. The highest BCUT2D eigenvalue weighted by Crippen LogP contribution is 2.30. The van der Waals surface area contributed by atoms with Gasteiger partial charge >= 0.3 is 5.97 Å². The average molecular weight is 289 g/mol. The number of anilines is 1. The van der Waals surface area contributed by atoms with Gasteiger partial charge in [0.05, 0.1) is 5.56 Å². The molecule has 0 amide bonds. The van der Waals surface area contributed by atoms with E-state index in [0.717, 1.165) is 37.2 Å². The Balaban J connectivity index is 1.92. The van der Waals surface area contributed by atoms with Crippen LogP contribution in [0, 0.1) is 0 Å². The lowest BCUT2D eigenvalue weighted by Gasteiger charge is -2.32. The Morgan fingerprint density at radius 1 is 1.19 bits per heavy atom. The Morgan fingerprint density at radius 3 is 2.71 bits per heavy atom. The van der Waals surface area contributed by atoms with Crippen molar-refractivity contribution in [3.05, 3.63) is 29.3 Å². The van der Waals surface area contributed by atoms with E-state index < -0.39 is 5.97 Å². The molecular weight excluding hydrogens is 262 g/mol. The van der Waals surface area contributed by atoms with Crippen molar-refractivity contribution in [1.82, 2.24) is 0 Å². The van der Waals surface area contributed by atoms with Crippen molar-refractivity contribution >= 4 is 11.7 Å². The third-order valence-corrected chi connectivity index (χ3v) is 4.36. The summed E-state index contributed by atoms with van der Waals surface area (Å²) in [5, 5.41) is 9.31. The summed E-state index contributed by atoms with van der Waals surface area (Å²) in [6.07, 6.45) is 9.74. The number of hydrogen-bond acceptors (Lipinski definition) is 2. The van der Waals surface area contributed by atoms with Crippen LogP contribution in [0.3, 0.4) is 0 Å². The summed E-state index contributed by atoms with van der Waals surface area (Å²) >= 11 is 0. The van der Waals surface area contributed by atoms with Crippen LogP contribution in [0.4, 0.5) is 5.69 Å². The van der Waals surface area contributed by atoms with Crippen molar-refractivity contribution < 1.29 is 9.90 Å². The van der Waals surface area contributed by atoms with Gasteiger partial charge in [0.2, 0.25) is 0 Å². The van der Waals surface area contributed by atoms with Crippen molar-refractivity contribution in [2.24, 2.45) is 0 Å². The van der Waals surface area contributed by atoms with Gasteiger partial charge in [-0.2, -0.15) is 0 Å². The maximum absolute atomic E-state index is 11.3. The fraction of sp³-hybridized carbons (Fsp3) is 0.611. The van der Waals surface area contributed by atoms with Crippen molar-refractivity contribution in [2.75, 3.05) is 18.0 Å². The van der Waals surface area contributed by atoms with Gasteiger partial charge in [-0.1, -0.05) is 45.1 Å². The molecule has 1 aromatic carbocycles. The van der Waals surface area contributed by atoms with Gasteiger partial charge in [0.15, 0.2) is 0 Å². The number of carboxylic acid groups (broad SMARTS) is 1. The molecule has 1 aliphatic rings. The minimum Gasteiger partial charge on any atom is -0.478 e. The largest absolute Gasteiger partial charge is 0.478 e. The minimum absolute atomic E-state index is 0.486. The monoisotopic (exact) mass is 289 g/mol. The lowest BCUT2D eigenvalue weighted by atomic mass is 9.96. The van der Waals surface area contributed by atoms with Gasteiger partial charge in [-0.05, 0) is 37.0 Å². The summed E-state index contributed by atoms with van der Waals surface area (Å²) in [5.74, 6) is -0.798. The van der Waals surface area contributed by atoms with E-state index in [1.54, 1.807) is 6.07 Å². The zero-order valence-corrected chi connectivity index (χ0v) is 13.1. The molecule has 0 bridgehead atoms. The highest BCUT2D eigenvalue weighted by Gasteiger charge is 2.21. The normalized spacial score (nSPS) is 14.0. The maximum atomic E-state index is 11.3. The Hall–Kier alpha value is -1.51. The predicted molar refractivity (Wildman–Crippen MR) is 87.3 cm³/mol. The first-order valence-corrected chi connectivity index (χ1v) is 8.34. The summed E-state index contributed by atoms with van der Waals surface area (Å²) in [7, 11) is 0. The number of unbranched alkanes of at least 4 members (excludes halogenated alkanes) is 5. The number of nitrogens with zero attached hydrogens (tertiary/aromatic N) is 1. The highest BCUT2D eigenvalue weighted by atomic mass is 16.4. The van der Waals surface area contributed by atoms with E-state index in [-0.39, 0.29) is 0 Å². The molecule has 116 valence electrons. The quantitative estimate of drug-likeness (QED) is 0.716. The summed E-state index contributed by atoms with van der Waals surface area (Å²) < 4.78 is 0. The standard InChI is InChI=1S/C18H27NO2/c1-2-3-4-5-6-7-13-19-14-9-11-15-16(18(20)21)10-8-12-17(15)19/h8,10,12H,2-7,9,11,13-14H2,1H3,(H,20,21). The molecule has 2 rings (SSSR count). The average Bonchev–Trinajstić information content (AvgIpc) is 2.50. The van der Waals surface area contributed by atoms with E-state index >= 15 is 0 Å². The first-order valence-electron chi connectivity index (χ1n) is 8.34. The summed E-state index contributed by atoms with van der Waals surface area (Å²) in [5.41, 5.74) is 2.66. The summed E-state index contributed by atoms with van der Waals surface area (Å²) in [6.45, 7) is 4.36. The molecule has 0 fully saturated rings. The molecule has 0 atom stereocenters. The second-order valence-electron chi connectivity index (χ2n) is 5.97. The number of carbonyl (C=O) groups is 1. The van der Waals surface area contributed by atoms with Gasteiger partial charge in [-0.25, -0.2) is 4.79 Å². The van der Waals surface area contributed by atoms with Crippen LogP contribution in [0.2, 0.25) is 0 Å². The molecule has 0 radical (unpaired) electrons. The summed E-state index contributed by atoms with van der Waals surface area (Å²) in [6, 6.07) is 5.69. The van der Waals surface area contributed by atoms with E-state index in [1.165, 1.54) is 38.5 Å². The fourth-order valence-electron chi connectivity index (χ4n) is 3.22. The molecule has 21 heavy (non-hydrogen) atoms. The molecule has 3 heteroatoms. The fourth-order valence-corrected chi connectivity index (χ4v) is 3.22. The molecule has 3 nitrogen and oxygen atoms in total. The number of hydrogen-bond donors (Lipinski definition) is 1. The third-order valence-electron chi connectivity index (χ3n) is 4.36. The van der Waals surface area contributed by atoms with Crippen molar-refractivity contribution in [3.63, 3.8) is 0 Å². The van der Waals surface area contributed by atoms with E-state index in [4.69, 9.17) is 0 Å². The molecule has 0 aromatic heterocycles. The summed E-state index contributed by atoms with van der Waals surface area (Å²) in [4.78, 5) is 13.7. The number of fused-ring (bicyclic) bond motifs is 1. The van der Waals surface area contributed by atoms with E-state index in [2.05, 4.69) is 17.9 Å². The van der Waals surface area contributed by atoms with Crippen molar-refractivity contribution in [3.8, 4) is 0 Å². The molecule has 1 aliphatic heterocycles. The van der Waals surface area contributed by atoms with Gasteiger partial charge in [0.1, 0.15) is 0 Å². The molecule has 0 unspecified atom stereocenters. The number of aromatic carboxylic acids is 1. The van der Waals surface area contributed by atoms with E-state index in [0.29, 0.717) is 5.56 Å². The Labute approximate surface area is 128 Å². The van der Waals surface area contributed by atoms with E-state index in [9.17, 15) is 9.90 Å². The van der Waals surface area contributed by atoms with Gasteiger partial charge in [-0.3, -0.25) is 0 Å². The van der Waals surface area contributed by atoms with Crippen LogP contribution in [-0.2, 0) is 6.42 Å². The second kappa shape index (κ2) is 8.06. The van der Waals surface area contributed by atoms with Gasteiger partial charge in [0, 0.05) is 18.8 Å². The molecule has 0 aliphatic carbocycles. The number of benzene rings is 1. The van der Waals surface area contributed by atoms with Crippen LogP contribution >= 0.6 is 0 Å². The lowest BCUT2D eigenvalue weighted by molar-refractivity contribution is 0.0695. The number of rotatable bonds is 8. The first kappa shape index (κ1) is 15.9. The Morgan fingerprint density at radius 2 is 1.95 bits per heavy atom. The molecular formula is C18H27NO2. The topological polar surface area (TPSA) is 40.5 Å². The van der Waals surface area contributed by atoms with Crippen molar-refractivity contribution in [2.45, 2.75) is 58.3 Å². The molecule has 1 aromatic rings. The molecule has 0 spiro atoms. The molecule has 1 N–H and O–H groups in total. The SMILES string of the molecule is CCCCCCCCN1CCCc2c(C(=O)O)cccc21. The lowest BCUT2D eigenvalue weighted by Crippen LogP contribution is -2.31. The smallest absolute Gasteiger partial charge is 0.336 e. The number of carboxylic acids is 1. The van der Waals surface area contributed by atoms with Gasteiger partial charge in [-0.15, -0.1) is 0 Å². The third kappa shape index (κ3) is 4.23. The van der Waals surface area contributed by atoms with Crippen LogP contribution in [0.5, 0.6) is 0 Å². The minimum atomic E-state index is -0.798. The molecule has 0 saturated heterocycles. The van der Waals surface area contributed by atoms with Crippen molar-refractivity contribution in [1.29, 1.82) is 0 Å². The zero-order chi connectivity index (χ0) is 15.1. The van der Waals surface area contributed by atoms with Crippen LogP contribution < -0.4 is 4.90 Å². The molecule has 1 heterocycles. The Bertz CT molecular complexity index is 470. The highest BCUT2D eigenvalue weighted by molar-refractivity contribution is 5.91. The van der Waals surface area contributed by atoms with E-state index in [1.807, 2.05) is 6.07 Å². The van der Waals surface area contributed by atoms with Crippen LogP contribution in [-0.4, -0.2) is 24.2 Å². The van der Waals surface area contributed by atoms with Gasteiger partial charge in [0.25, 0.3) is 0 Å². The Kier molecular flexibility index (Phi) is 6.09. The predicted octanol–water partition coefficient (Wildman–Crippen LogP) is 4.50. The molecule has 0 saturated carbocycles. The van der Waals surface area contributed by atoms with Crippen LogP contribution in [0.25, 0.3) is 0 Å². The zero-order valence-electron chi connectivity index (χ0n) is 13.1.